The average molecular weight is 423 g/mol. The zero-order valence-electron chi connectivity index (χ0n) is 16.8. The number of methoxy groups -OCH3 is 1. The van der Waals surface area contributed by atoms with E-state index in [1.807, 2.05) is 73.7 Å². The van der Waals surface area contributed by atoms with Crippen LogP contribution in [0.5, 0.6) is 17.4 Å². The molecule has 0 aliphatic carbocycles. The molecule has 1 heterocycles. The van der Waals surface area contributed by atoms with Crippen LogP contribution < -0.4 is 14.8 Å². The first-order valence-corrected chi connectivity index (χ1v) is 9.34. The third kappa shape index (κ3) is 4.75. The summed E-state index contributed by atoms with van der Waals surface area (Å²) >= 11 is 0. The van der Waals surface area contributed by atoms with Gasteiger partial charge in [-0.25, -0.2) is 4.98 Å². The number of ether oxygens (including phenoxy) is 2. The highest BCUT2D eigenvalue weighted by atomic mass is 35.5. The van der Waals surface area contributed by atoms with E-state index in [2.05, 4.69) is 10.3 Å². The molecule has 2 N–H and O–H groups in total. The summed E-state index contributed by atoms with van der Waals surface area (Å²) in [6.45, 7) is 2.29. The Morgan fingerprint density at radius 3 is 2.50 bits per heavy atom. The second kappa shape index (κ2) is 9.37. The summed E-state index contributed by atoms with van der Waals surface area (Å²) in [6.07, 6.45) is 0. The van der Waals surface area contributed by atoms with Gasteiger partial charge in [0.05, 0.1) is 18.3 Å². The molecule has 4 rings (SSSR count). The van der Waals surface area contributed by atoms with Crippen LogP contribution in [-0.4, -0.2) is 17.2 Å². The van der Waals surface area contributed by atoms with E-state index in [0.29, 0.717) is 12.5 Å². The molecule has 0 aliphatic rings. The zero-order chi connectivity index (χ0) is 20.2. The highest BCUT2D eigenvalue weighted by Crippen LogP contribution is 2.33. The number of hydrogen-bond donors (Lipinski definition) is 2. The van der Waals surface area contributed by atoms with Crippen molar-refractivity contribution in [2.45, 2.75) is 13.5 Å². The van der Waals surface area contributed by atoms with Gasteiger partial charge in [0.25, 0.3) is 0 Å². The number of pyridine rings is 1. The number of aromatic hydroxyl groups is 1. The molecule has 0 saturated heterocycles. The molecular formula is C24H23ClN2O3. The average Bonchev–Trinajstić information content (AvgIpc) is 2.75. The number of benzene rings is 3. The Bertz CT molecular complexity index is 1150. The lowest BCUT2D eigenvalue weighted by Crippen LogP contribution is -2.00. The number of phenolic OH excluding ortho intramolecular Hbond substituents is 1. The molecule has 0 radical (unpaired) electrons. The first-order valence-electron chi connectivity index (χ1n) is 9.34. The predicted molar refractivity (Wildman–Crippen MR) is 122 cm³/mol. The monoisotopic (exact) mass is 422 g/mol. The van der Waals surface area contributed by atoms with Crippen molar-refractivity contribution in [3.05, 3.63) is 83.9 Å². The maximum atomic E-state index is 10.0. The maximum Gasteiger partial charge on any atom is 0.216 e. The maximum absolute atomic E-state index is 10.0. The van der Waals surface area contributed by atoms with Crippen molar-refractivity contribution >= 4 is 34.7 Å². The number of aromatic nitrogens is 1. The number of aryl methyl sites for hydroxylation is 1. The normalized spacial score (nSPS) is 10.3. The van der Waals surface area contributed by atoms with E-state index < -0.39 is 0 Å². The van der Waals surface area contributed by atoms with Crippen molar-refractivity contribution in [2.75, 3.05) is 12.4 Å². The van der Waals surface area contributed by atoms with E-state index in [1.165, 1.54) is 0 Å². The fourth-order valence-corrected chi connectivity index (χ4v) is 3.06. The van der Waals surface area contributed by atoms with E-state index in [9.17, 15) is 5.11 Å². The van der Waals surface area contributed by atoms with Crippen LogP contribution in [0.25, 0.3) is 10.9 Å². The molecule has 0 atom stereocenters. The summed E-state index contributed by atoms with van der Waals surface area (Å²) in [4.78, 5) is 4.63. The fraction of sp³-hybridized carbons (Fsp3) is 0.125. The molecule has 30 heavy (non-hydrogen) atoms. The molecule has 0 bridgehead atoms. The van der Waals surface area contributed by atoms with Crippen LogP contribution in [0.4, 0.5) is 11.4 Å². The number of nitrogens with one attached hydrogen (secondary N) is 1. The second-order valence-corrected chi connectivity index (χ2v) is 6.79. The van der Waals surface area contributed by atoms with E-state index in [-0.39, 0.29) is 18.2 Å². The van der Waals surface area contributed by atoms with Crippen LogP contribution in [0.1, 0.15) is 11.1 Å². The van der Waals surface area contributed by atoms with Gasteiger partial charge in [-0.2, -0.15) is 0 Å². The first-order chi connectivity index (χ1) is 14.1. The summed E-state index contributed by atoms with van der Waals surface area (Å²) < 4.78 is 11.3. The SMILES string of the molecule is COc1ccc2nc(OCc3ccccc3)cc(Nc3ccc(C)c(O)c3)c2c1.Cl. The van der Waals surface area contributed by atoms with Crippen molar-refractivity contribution in [1.82, 2.24) is 4.98 Å². The Morgan fingerprint density at radius 2 is 1.77 bits per heavy atom. The van der Waals surface area contributed by atoms with Gasteiger partial charge in [0, 0.05) is 23.2 Å². The second-order valence-electron chi connectivity index (χ2n) is 6.79. The molecule has 0 saturated carbocycles. The number of hydrogen-bond acceptors (Lipinski definition) is 5. The molecule has 6 heteroatoms. The van der Waals surface area contributed by atoms with Crippen LogP contribution in [0.15, 0.2) is 72.8 Å². The molecule has 0 spiro atoms. The Morgan fingerprint density at radius 1 is 0.967 bits per heavy atom. The van der Waals surface area contributed by atoms with Gasteiger partial charge < -0.3 is 19.9 Å². The molecule has 0 aliphatic heterocycles. The van der Waals surface area contributed by atoms with Crippen molar-refractivity contribution in [1.29, 1.82) is 0 Å². The molecular weight excluding hydrogens is 400 g/mol. The van der Waals surface area contributed by atoms with E-state index in [4.69, 9.17) is 9.47 Å². The van der Waals surface area contributed by atoms with E-state index >= 15 is 0 Å². The Balaban J connectivity index is 0.00000256. The number of anilines is 2. The molecule has 3 aromatic carbocycles. The Kier molecular flexibility index (Phi) is 6.65. The van der Waals surface area contributed by atoms with Crippen molar-refractivity contribution in [3.63, 3.8) is 0 Å². The van der Waals surface area contributed by atoms with Gasteiger partial charge in [-0.3, -0.25) is 0 Å². The Hall–Kier alpha value is -3.44. The van der Waals surface area contributed by atoms with Gasteiger partial charge in [-0.05, 0) is 42.3 Å². The number of phenols is 1. The molecule has 0 unspecified atom stereocenters. The van der Waals surface area contributed by atoms with Gasteiger partial charge in [-0.15, -0.1) is 12.4 Å². The Labute approximate surface area is 181 Å². The summed E-state index contributed by atoms with van der Waals surface area (Å²) in [5.74, 6) is 1.50. The predicted octanol–water partition coefficient (Wildman–Crippen LogP) is 6.00. The minimum atomic E-state index is 0. The number of rotatable bonds is 6. The lowest BCUT2D eigenvalue weighted by Gasteiger charge is -2.14. The van der Waals surface area contributed by atoms with Gasteiger partial charge >= 0.3 is 0 Å². The number of nitrogens with zero attached hydrogens (tertiary/aromatic N) is 1. The van der Waals surface area contributed by atoms with E-state index in [0.717, 1.165) is 39.2 Å². The highest BCUT2D eigenvalue weighted by molar-refractivity contribution is 5.94. The van der Waals surface area contributed by atoms with Crippen LogP contribution in [-0.2, 0) is 6.61 Å². The van der Waals surface area contributed by atoms with Gasteiger partial charge in [0.1, 0.15) is 18.1 Å². The minimum absolute atomic E-state index is 0. The highest BCUT2D eigenvalue weighted by Gasteiger charge is 2.10. The van der Waals surface area contributed by atoms with Gasteiger partial charge in [-0.1, -0.05) is 36.4 Å². The van der Waals surface area contributed by atoms with Gasteiger partial charge in [0.15, 0.2) is 0 Å². The standard InChI is InChI=1S/C24H22N2O3.ClH/c1-16-8-9-18(12-23(16)27)25-22-14-24(29-15-17-6-4-3-5-7-17)26-21-11-10-19(28-2)13-20(21)22;/h3-14,27H,15H2,1-2H3,(H,25,26);1H. The largest absolute Gasteiger partial charge is 0.508 e. The smallest absolute Gasteiger partial charge is 0.216 e. The fourth-order valence-electron chi connectivity index (χ4n) is 3.06. The summed E-state index contributed by atoms with van der Waals surface area (Å²) in [5.41, 5.74) is 4.28. The summed E-state index contributed by atoms with van der Waals surface area (Å²) in [7, 11) is 1.64. The van der Waals surface area contributed by atoms with Crippen molar-refractivity contribution in [2.24, 2.45) is 0 Å². The molecule has 5 nitrogen and oxygen atoms in total. The number of halogens is 1. The third-order valence-electron chi connectivity index (χ3n) is 4.71. The van der Waals surface area contributed by atoms with Crippen LogP contribution in [0.3, 0.4) is 0 Å². The summed E-state index contributed by atoms with van der Waals surface area (Å²) in [5, 5.41) is 14.3. The number of fused-ring (bicyclic) bond motifs is 1. The molecule has 0 fully saturated rings. The lowest BCUT2D eigenvalue weighted by atomic mass is 10.1. The van der Waals surface area contributed by atoms with Crippen LogP contribution in [0.2, 0.25) is 0 Å². The molecule has 1 aromatic heterocycles. The van der Waals surface area contributed by atoms with Crippen molar-refractivity contribution < 1.29 is 14.6 Å². The van der Waals surface area contributed by atoms with Crippen LogP contribution >= 0.6 is 12.4 Å². The molecule has 4 aromatic rings. The first kappa shape index (κ1) is 21.3. The quantitative estimate of drug-likeness (QED) is 0.399. The zero-order valence-corrected chi connectivity index (χ0v) is 17.6. The van der Waals surface area contributed by atoms with E-state index in [1.54, 1.807) is 13.2 Å². The van der Waals surface area contributed by atoms with Crippen LogP contribution in [0, 0.1) is 6.92 Å². The van der Waals surface area contributed by atoms with Crippen molar-refractivity contribution in [3.8, 4) is 17.4 Å². The third-order valence-corrected chi connectivity index (χ3v) is 4.71. The minimum Gasteiger partial charge on any atom is -0.508 e. The topological polar surface area (TPSA) is 63.6 Å². The molecule has 154 valence electrons. The summed E-state index contributed by atoms with van der Waals surface area (Å²) in [6, 6.07) is 23.0. The lowest BCUT2D eigenvalue weighted by molar-refractivity contribution is 0.295. The molecule has 0 amide bonds. The van der Waals surface area contributed by atoms with Gasteiger partial charge in [0.2, 0.25) is 5.88 Å².